The molecule has 0 atom stereocenters. The standard InChI is InChI=1S/C16H27BFNO4/c1-14(2,3)21-13(20)19-9-11(10-19)8-12(18)17-22-15(4,5)16(6,7)23-17/h8,11H,9-10H2,1-7H3. The van der Waals surface area contributed by atoms with Gasteiger partial charge in [0, 0.05) is 19.0 Å². The normalized spacial score (nSPS) is 24.6. The lowest BCUT2D eigenvalue weighted by molar-refractivity contribution is 0.00475. The van der Waals surface area contributed by atoms with Crippen LogP contribution in [0.4, 0.5) is 9.18 Å². The molecule has 2 heterocycles. The van der Waals surface area contributed by atoms with Crippen molar-refractivity contribution in [2.45, 2.75) is 65.3 Å². The van der Waals surface area contributed by atoms with E-state index >= 15 is 0 Å². The molecule has 2 fully saturated rings. The molecule has 0 spiro atoms. The molecule has 0 N–H and O–H groups in total. The van der Waals surface area contributed by atoms with Crippen LogP contribution >= 0.6 is 0 Å². The van der Waals surface area contributed by atoms with Crippen molar-refractivity contribution >= 4 is 13.2 Å². The zero-order valence-corrected chi connectivity index (χ0v) is 15.1. The summed E-state index contributed by atoms with van der Waals surface area (Å²) in [6.45, 7) is 13.9. The first-order valence-electron chi connectivity index (χ1n) is 8.01. The summed E-state index contributed by atoms with van der Waals surface area (Å²) in [5.41, 5.74) is -2.08. The van der Waals surface area contributed by atoms with Crippen LogP contribution in [0.1, 0.15) is 48.5 Å². The van der Waals surface area contributed by atoms with E-state index in [4.69, 9.17) is 14.0 Å². The molecular formula is C16H27BFNO4. The third kappa shape index (κ3) is 4.07. The lowest BCUT2D eigenvalue weighted by Crippen LogP contribution is -2.51. The predicted octanol–water partition coefficient (Wildman–Crippen LogP) is 3.34. The van der Waals surface area contributed by atoms with E-state index in [-0.39, 0.29) is 12.0 Å². The fraction of sp³-hybridized carbons (Fsp3) is 0.812. The molecule has 1 amide bonds. The van der Waals surface area contributed by atoms with Crippen LogP contribution in [0.15, 0.2) is 11.8 Å². The molecule has 7 heteroatoms. The maximum atomic E-state index is 14.3. The van der Waals surface area contributed by atoms with Gasteiger partial charge in [0.2, 0.25) is 0 Å². The Bertz CT molecular complexity index is 491. The number of ether oxygens (including phenoxy) is 1. The van der Waals surface area contributed by atoms with Gasteiger partial charge in [-0.3, -0.25) is 0 Å². The number of rotatable bonds is 2. The van der Waals surface area contributed by atoms with E-state index in [9.17, 15) is 9.18 Å². The Morgan fingerprint density at radius 3 is 2.13 bits per heavy atom. The van der Waals surface area contributed by atoms with Crippen molar-refractivity contribution in [1.29, 1.82) is 0 Å². The van der Waals surface area contributed by atoms with Gasteiger partial charge in [0.1, 0.15) is 11.3 Å². The molecule has 0 aromatic rings. The second-order valence-corrected chi connectivity index (χ2v) is 8.29. The molecule has 0 saturated carbocycles. The minimum atomic E-state index is -0.976. The molecule has 130 valence electrons. The summed E-state index contributed by atoms with van der Waals surface area (Å²) in [7, 11) is -0.976. The molecule has 0 aromatic carbocycles. The van der Waals surface area contributed by atoms with Crippen LogP contribution in [0.5, 0.6) is 0 Å². The Kier molecular flexibility index (Phi) is 4.59. The average molecular weight is 327 g/mol. The summed E-state index contributed by atoms with van der Waals surface area (Å²) >= 11 is 0. The van der Waals surface area contributed by atoms with Crippen LogP contribution in [-0.4, -0.2) is 48.0 Å². The quantitative estimate of drug-likeness (QED) is 0.730. The molecule has 2 saturated heterocycles. The molecular weight excluding hydrogens is 300 g/mol. The van der Waals surface area contributed by atoms with Crippen LogP contribution in [0.2, 0.25) is 0 Å². The largest absolute Gasteiger partial charge is 0.524 e. The molecule has 0 bridgehead atoms. The Balaban J connectivity index is 1.87. The smallest absolute Gasteiger partial charge is 0.444 e. The van der Waals surface area contributed by atoms with Crippen molar-refractivity contribution in [3.63, 3.8) is 0 Å². The summed E-state index contributed by atoms with van der Waals surface area (Å²) in [5.74, 6) is -0.0402. The van der Waals surface area contributed by atoms with Crippen LogP contribution in [0.3, 0.4) is 0 Å². The van der Waals surface area contributed by atoms with E-state index in [1.54, 1.807) is 4.90 Å². The zero-order valence-electron chi connectivity index (χ0n) is 15.1. The van der Waals surface area contributed by atoms with Gasteiger partial charge < -0.3 is 18.9 Å². The SMILES string of the molecule is CC(C)(C)OC(=O)N1CC(C=C(F)B2OC(C)(C)C(C)(C)O2)C1. The number of halogens is 1. The molecule has 2 rings (SSSR count). The highest BCUT2D eigenvalue weighted by Crippen LogP contribution is 2.39. The van der Waals surface area contributed by atoms with Crippen molar-refractivity contribution in [2.24, 2.45) is 5.92 Å². The Morgan fingerprint density at radius 2 is 1.70 bits per heavy atom. The maximum Gasteiger partial charge on any atom is 0.524 e. The van der Waals surface area contributed by atoms with Crippen molar-refractivity contribution in [3.05, 3.63) is 11.8 Å². The summed E-state index contributed by atoms with van der Waals surface area (Å²) in [6.07, 6.45) is 1.13. The van der Waals surface area contributed by atoms with E-state index < -0.39 is 29.6 Å². The number of hydrogen-bond donors (Lipinski definition) is 0. The highest BCUT2D eigenvalue weighted by Gasteiger charge is 2.53. The summed E-state index contributed by atoms with van der Waals surface area (Å²) in [5, 5.41) is 0. The second-order valence-electron chi connectivity index (χ2n) is 8.29. The minimum Gasteiger partial charge on any atom is -0.444 e. The number of carbonyl (C=O) groups is 1. The van der Waals surface area contributed by atoms with Gasteiger partial charge in [-0.15, -0.1) is 0 Å². The van der Waals surface area contributed by atoms with Gasteiger partial charge in [-0.25, -0.2) is 9.18 Å². The molecule has 0 unspecified atom stereocenters. The molecule has 0 radical (unpaired) electrons. The maximum absolute atomic E-state index is 14.3. The van der Waals surface area contributed by atoms with E-state index in [1.165, 1.54) is 6.08 Å². The third-order valence-corrected chi connectivity index (χ3v) is 4.43. The molecule has 0 aliphatic carbocycles. The lowest BCUT2D eigenvalue weighted by atomic mass is 9.84. The first-order valence-corrected chi connectivity index (χ1v) is 8.01. The highest BCUT2D eigenvalue weighted by atomic mass is 19.1. The average Bonchev–Trinajstić information content (AvgIpc) is 2.49. The van der Waals surface area contributed by atoms with E-state index in [1.807, 2.05) is 48.5 Å². The fourth-order valence-electron chi connectivity index (χ4n) is 2.35. The summed E-state index contributed by atoms with van der Waals surface area (Å²) in [6, 6.07) is 0. The lowest BCUT2D eigenvalue weighted by Gasteiger charge is -2.38. The number of likely N-dealkylation sites (tertiary alicyclic amines) is 1. The number of nitrogens with zero attached hydrogens (tertiary/aromatic N) is 1. The third-order valence-electron chi connectivity index (χ3n) is 4.43. The van der Waals surface area contributed by atoms with Crippen LogP contribution < -0.4 is 0 Å². The Labute approximate surface area is 138 Å². The predicted molar refractivity (Wildman–Crippen MR) is 86.6 cm³/mol. The zero-order chi connectivity index (χ0) is 17.6. The van der Waals surface area contributed by atoms with Gasteiger partial charge >= 0.3 is 13.2 Å². The first kappa shape index (κ1) is 18.3. The number of hydrogen-bond acceptors (Lipinski definition) is 4. The first-order chi connectivity index (χ1) is 10.3. The molecule has 2 aliphatic rings. The molecule has 0 aromatic heterocycles. The topological polar surface area (TPSA) is 48.0 Å². The van der Waals surface area contributed by atoms with Gasteiger partial charge in [0.05, 0.1) is 11.2 Å². The van der Waals surface area contributed by atoms with E-state index in [0.717, 1.165) is 0 Å². The van der Waals surface area contributed by atoms with Crippen molar-refractivity contribution < 1.29 is 23.2 Å². The highest BCUT2D eigenvalue weighted by molar-refractivity contribution is 6.53. The van der Waals surface area contributed by atoms with E-state index in [0.29, 0.717) is 13.1 Å². The van der Waals surface area contributed by atoms with Crippen molar-refractivity contribution in [2.75, 3.05) is 13.1 Å². The van der Waals surface area contributed by atoms with Gasteiger partial charge in [-0.05, 0) is 54.5 Å². The molecule has 5 nitrogen and oxygen atoms in total. The van der Waals surface area contributed by atoms with Gasteiger partial charge in [-0.2, -0.15) is 0 Å². The summed E-state index contributed by atoms with van der Waals surface area (Å²) < 4.78 is 30.9. The molecule has 2 aliphatic heterocycles. The van der Waals surface area contributed by atoms with Gasteiger partial charge in [0.25, 0.3) is 0 Å². The molecule has 23 heavy (non-hydrogen) atoms. The monoisotopic (exact) mass is 327 g/mol. The summed E-state index contributed by atoms with van der Waals surface area (Å²) in [4.78, 5) is 13.4. The second kappa shape index (κ2) is 5.78. The Morgan fingerprint density at radius 1 is 1.22 bits per heavy atom. The van der Waals surface area contributed by atoms with Gasteiger partial charge in [0.15, 0.2) is 0 Å². The number of amides is 1. The minimum absolute atomic E-state index is 0.0402. The van der Waals surface area contributed by atoms with Crippen LogP contribution in [0.25, 0.3) is 0 Å². The van der Waals surface area contributed by atoms with Crippen LogP contribution in [0, 0.1) is 5.92 Å². The Hall–Kier alpha value is -1.08. The van der Waals surface area contributed by atoms with Crippen LogP contribution in [-0.2, 0) is 14.0 Å². The van der Waals surface area contributed by atoms with Crippen molar-refractivity contribution in [1.82, 2.24) is 4.90 Å². The number of carbonyl (C=O) groups excluding carboxylic acids is 1. The van der Waals surface area contributed by atoms with Crippen molar-refractivity contribution in [3.8, 4) is 0 Å². The fourth-order valence-corrected chi connectivity index (χ4v) is 2.35. The van der Waals surface area contributed by atoms with E-state index in [2.05, 4.69) is 0 Å². The van der Waals surface area contributed by atoms with Gasteiger partial charge in [-0.1, -0.05) is 0 Å².